The van der Waals surface area contributed by atoms with Crippen molar-refractivity contribution in [2.75, 3.05) is 5.32 Å². The number of rotatable bonds is 3. The van der Waals surface area contributed by atoms with Gasteiger partial charge in [-0.2, -0.15) is 0 Å². The zero-order valence-electron chi connectivity index (χ0n) is 10.8. The van der Waals surface area contributed by atoms with Gasteiger partial charge in [0.05, 0.1) is 12.2 Å². The molecule has 6 nitrogen and oxygen atoms in total. The highest BCUT2D eigenvalue weighted by atomic mass is 15.4. The molecule has 0 saturated carbocycles. The molecule has 0 unspecified atom stereocenters. The number of H-pyrrole nitrogens is 1. The van der Waals surface area contributed by atoms with E-state index in [1.54, 1.807) is 0 Å². The Bertz CT molecular complexity index is 533. The van der Waals surface area contributed by atoms with E-state index in [0.29, 0.717) is 6.54 Å². The van der Waals surface area contributed by atoms with Gasteiger partial charge in [-0.3, -0.25) is 4.57 Å². The molecule has 2 aromatic rings. The van der Waals surface area contributed by atoms with Gasteiger partial charge in [0.15, 0.2) is 0 Å². The van der Waals surface area contributed by atoms with Crippen LogP contribution in [0.3, 0.4) is 0 Å². The highest BCUT2D eigenvalue weighted by molar-refractivity contribution is 5.27. The van der Waals surface area contributed by atoms with Crippen molar-refractivity contribution in [2.24, 2.45) is 0 Å². The molecule has 3 heterocycles. The first kappa shape index (κ1) is 11.3. The van der Waals surface area contributed by atoms with Crippen molar-refractivity contribution in [1.29, 1.82) is 0 Å². The Labute approximate surface area is 106 Å². The number of hydrogen-bond acceptors (Lipinski definition) is 4. The van der Waals surface area contributed by atoms with Crippen LogP contribution < -0.4 is 5.32 Å². The third-order valence-electron chi connectivity index (χ3n) is 3.45. The van der Waals surface area contributed by atoms with Crippen LogP contribution >= 0.6 is 0 Å². The maximum atomic E-state index is 4.45. The van der Waals surface area contributed by atoms with Crippen molar-refractivity contribution in [3.8, 4) is 0 Å². The molecule has 0 aromatic carbocycles. The fourth-order valence-electron chi connectivity index (χ4n) is 2.31. The Kier molecular flexibility index (Phi) is 2.77. The first-order valence-corrected chi connectivity index (χ1v) is 6.42. The van der Waals surface area contributed by atoms with E-state index in [1.165, 1.54) is 12.8 Å². The predicted octanol–water partition coefficient (Wildman–Crippen LogP) is 1.57. The zero-order chi connectivity index (χ0) is 12.5. The summed E-state index contributed by atoms with van der Waals surface area (Å²) in [6.07, 6.45) is 3.46. The number of aromatic amines is 1. The maximum absolute atomic E-state index is 4.45. The Balaban J connectivity index is 1.71. The lowest BCUT2D eigenvalue weighted by Crippen LogP contribution is -2.14. The Morgan fingerprint density at radius 1 is 1.28 bits per heavy atom. The van der Waals surface area contributed by atoms with Gasteiger partial charge < -0.3 is 10.3 Å². The van der Waals surface area contributed by atoms with E-state index in [0.717, 1.165) is 42.0 Å². The van der Waals surface area contributed by atoms with Gasteiger partial charge in [0.2, 0.25) is 5.95 Å². The first-order chi connectivity index (χ1) is 8.74. The topological polar surface area (TPSA) is 71.4 Å². The van der Waals surface area contributed by atoms with Gasteiger partial charge in [0, 0.05) is 18.7 Å². The monoisotopic (exact) mass is 246 g/mol. The van der Waals surface area contributed by atoms with Crippen molar-refractivity contribution in [3.05, 3.63) is 23.0 Å². The van der Waals surface area contributed by atoms with Crippen LogP contribution in [-0.2, 0) is 19.5 Å². The normalized spacial score (nSPS) is 14.6. The Morgan fingerprint density at radius 3 is 2.94 bits per heavy atom. The molecule has 0 atom stereocenters. The molecular weight excluding hydrogens is 228 g/mol. The minimum Gasteiger partial charge on any atom is -0.347 e. The number of nitrogens with zero attached hydrogens (tertiary/aromatic N) is 4. The van der Waals surface area contributed by atoms with Crippen LogP contribution in [0, 0.1) is 13.8 Å². The molecule has 1 aliphatic heterocycles. The van der Waals surface area contributed by atoms with Crippen LogP contribution in [0.15, 0.2) is 0 Å². The lowest BCUT2D eigenvalue weighted by molar-refractivity contribution is 0.525. The summed E-state index contributed by atoms with van der Waals surface area (Å²) in [4.78, 5) is 7.70. The number of fused-ring (bicyclic) bond motifs is 1. The Hall–Kier alpha value is -1.85. The van der Waals surface area contributed by atoms with Gasteiger partial charge in [-0.05, 0) is 26.7 Å². The molecule has 96 valence electrons. The van der Waals surface area contributed by atoms with Gasteiger partial charge in [0.1, 0.15) is 11.6 Å². The van der Waals surface area contributed by atoms with Crippen molar-refractivity contribution in [2.45, 2.75) is 46.2 Å². The molecule has 0 amide bonds. The molecule has 6 heteroatoms. The molecular formula is C12H18N6. The van der Waals surface area contributed by atoms with Crippen molar-refractivity contribution in [3.63, 3.8) is 0 Å². The lowest BCUT2D eigenvalue weighted by Gasteiger charge is -2.14. The summed E-state index contributed by atoms with van der Waals surface area (Å²) in [5.41, 5.74) is 2.17. The average molecular weight is 246 g/mol. The van der Waals surface area contributed by atoms with Crippen LogP contribution in [-0.4, -0.2) is 24.7 Å². The van der Waals surface area contributed by atoms with Crippen molar-refractivity contribution < 1.29 is 0 Å². The average Bonchev–Trinajstić information content (AvgIpc) is 2.92. The molecule has 2 aromatic heterocycles. The van der Waals surface area contributed by atoms with Crippen LogP contribution in [0.1, 0.15) is 35.9 Å². The van der Waals surface area contributed by atoms with E-state index in [1.807, 2.05) is 13.8 Å². The minimum atomic E-state index is 0.660. The molecule has 0 bridgehead atoms. The van der Waals surface area contributed by atoms with Crippen molar-refractivity contribution >= 4 is 5.95 Å². The molecule has 0 aliphatic carbocycles. The van der Waals surface area contributed by atoms with Crippen molar-refractivity contribution in [1.82, 2.24) is 24.7 Å². The summed E-state index contributed by atoms with van der Waals surface area (Å²) >= 11 is 0. The number of nitrogens with one attached hydrogen (secondary N) is 2. The number of aromatic nitrogens is 5. The van der Waals surface area contributed by atoms with Gasteiger partial charge in [-0.1, -0.05) is 0 Å². The molecule has 0 fully saturated rings. The fraction of sp³-hybridized carbons (Fsp3) is 0.583. The predicted molar refractivity (Wildman–Crippen MR) is 68.3 cm³/mol. The highest BCUT2D eigenvalue weighted by Crippen LogP contribution is 2.17. The van der Waals surface area contributed by atoms with E-state index in [2.05, 4.69) is 30.0 Å². The summed E-state index contributed by atoms with van der Waals surface area (Å²) in [6, 6.07) is 0. The molecule has 1 aliphatic rings. The number of hydrogen-bond donors (Lipinski definition) is 2. The molecule has 2 N–H and O–H groups in total. The summed E-state index contributed by atoms with van der Waals surface area (Å²) in [5, 5.41) is 11.7. The molecule has 3 rings (SSSR count). The standard InChI is InChI=1S/C12H18N6/c1-8-9(2)15-10(14-8)7-13-12-17-16-11-5-3-4-6-18(11)12/h3-7H2,1-2H3,(H,13,17)(H,14,15). The maximum Gasteiger partial charge on any atom is 0.224 e. The highest BCUT2D eigenvalue weighted by Gasteiger charge is 2.15. The summed E-state index contributed by atoms with van der Waals surface area (Å²) < 4.78 is 2.17. The summed E-state index contributed by atoms with van der Waals surface area (Å²) in [5.74, 6) is 2.89. The lowest BCUT2D eigenvalue weighted by atomic mass is 10.2. The Morgan fingerprint density at radius 2 is 2.17 bits per heavy atom. The van der Waals surface area contributed by atoms with Gasteiger partial charge in [0.25, 0.3) is 0 Å². The second-order valence-electron chi connectivity index (χ2n) is 4.80. The molecule has 18 heavy (non-hydrogen) atoms. The molecule has 0 saturated heterocycles. The van der Waals surface area contributed by atoms with E-state index < -0.39 is 0 Å². The third-order valence-corrected chi connectivity index (χ3v) is 3.45. The quantitative estimate of drug-likeness (QED) is 0.862. The molecule has 0 radical (unpaired) electrons. The number of aryl methyl sites for hydroxylation is 3. The van der Waals surface area contributed by atoms with Crippen LogP contribution in [0.5, 0.6) is 0 Å². The second kappa shape index (κ2) is 4.44. The fourth-order valence-corrected chi connectivity index (χ4v) is 2.31. The minimum absolute atomic E-state index is 0.660. The smallest absolute Gasteiger partial charge is 0.224 e. The second-order valence-corrected chi connectivity index (χ2v) is 4.80. The van der Waals surface area contributed by atoms with E-state index >= 15 is 0 Å². The SMILES string of the molecule is Cc1nc(CNc2nnc3n2CCCC3)[nH]c1C. The zero-order valence-corrected chi connectivity index (χ0v) is 10.8. The van der Waals surface area contributed by atoms with Crippen LogP contribution in [0.25, 0.3) is 0 Å². The summed E-state index contributed by atoms with van der Waals surface area (Å²) in [6.45, 7) is 5.72. The van der Waals surface area contributed by atoms with E-state index in [-0.39, 0.29) is 0 Å². The number of anilines is 1. The van der Waals surface area contributed by atoms with Gasteiger partial charge in [-0.15, -0.1) is 10.2 Å². The first-order valence-electron chi connectivity index (χ1n) is 6.42. The van der Waals surface area contributed by atoms with Crippen LogP contribution in [0.4, 0.5) is 5.95 Å². The van der Waals surface area contributed by atoms with E-state index in [4.69, 9.17) is 0 Å². The van der Waals surface area contributed by atoms with Gasteiger partial charge >= 0.3 is 0 Å². The van der Waals surface area contributed by atoms with Crippen LogP contribution in [0.2, 0.25) is 0 Å². The largest absolute Gasteiger partial charge is 0.347 e. The van der Waals surface area contributed by atoms with Gasteiger partial charge in [-0.25, -0.2) is 4.98 Å². The van der Waals surface area contributed by atoms with E-state index in [9.17, 15) is 0 Å². The summed E-state index contributed by atoms with van der Waals surface area (Å²) in [7, 11) is 0. The number of imidazole rings is 1. The molecule has 0 spiro atoms. The third kappa shape index (κ3) is 1.98.